The highest BCUT2D eigenvalue weighted by Gasteiger charge is 2.43. The number of likely N-dealkylation sites (tertiary alicyclic amines) is 1. The van der Waals surface area contributed by atoms with Crippen LogP contribution in [0.3, 0.4) is 0 Å². The number of para-hydroxylation sites is 1. The van der Waals surface area contributed by atoms with Crippen molar-refractivity contribution in [2.45, 2.75) is 18.4 Å². The Morgan fingerprint density at radius 2 is 1.68 bits per heavy atom. The van der Waals surface area contributed by atoms with Gasteiger partial charge in [-0.25, -0.2) is 8.78 Å². The first kappa shape index (κ1) is 20.7. The van der Waals surface area contributed by atoms with Gasteiger partial charge in [0.2, 0.25) is 5.91 Å². The molecule has 2 aliphatic heterocycles. The summed E-state index contributed by atoms with van der Waals surface area (Å²) in [5.41, 5.74) is 6.98. The summed E-state index contributed by atoms with van der Waals surface area (Å²) in [4.78, 5) is 16.3. The lowest BCUT2D eigenvalue weighted by atomic mass is 9.89. The van der Waals surface area contributed by atoms with Gasteiger partial charge in [0.1, 0.15) is 17.3 Å². The van der Waals surface area contributed by atoms with Crippen molar-refractivity contribution in [2.24, 2.45) is 11.7 Å². The minimum absolute atomic E-state index is 0. The van der Waals surface area contributed by atoms with E-state index >= 15 is 0 Å². The smallest absolute Gasteiger partial charge is 0.244 e. The zero-order valence-corrected chi connectivity index (χ0v) is 16.2. The molecule has 4 rings (SSSR count). The van der Waals surface area contributed by atoms with Crippen LogP contribution in [0.15, 0.2) is 48.5 Å². The molecule has 7 heteroatoms. The Hall–Kier alpha value is -2.02. The predicted molar refractivity (Wildman–Crippen MR) is 108 cm³/mol. The van der Waals surface area contributed by atoms with Gasteiger partial charge in [0.05, 0.1) is 6.04 Å². The summed E-state index contributed by atoms with van der Waals surface area (Å²) in [7, 11) is 0. The minimum atomic E-state index is -0.701. The summed E-state index contributed by atoms with van der Waals surface area (Å²) in [6.45, 7) is 2.32. The number of carbonyl (C=O) groups is 1. The first-order valence-corrected chi connectivity index (χ1v) is 9.34. The number of hydrogen-bond acceptors (Lipinski definition) is 3. The monoisotopic (exact) mass is 407 g/mol. The van der Waals surface area contributed by atoms with Crippen LogP contribution in [-0.4, -0.2) is 43.0 Å². The van der Waals surface area contributed by atoms with Crippen LogP contribution < -0.4 is 10.6 Å². The molecule has 1 amide bonds. The van der Waals surface area contributed by atoms with Crippen LogP contribution in [0.4, 0.5) is 14.5 Å². The standard InChI is InChI=1S/C21H23F2N3O.ClH/c22-17-7-4-8-18(23)20(17)26-10-9-19(21(26)27)25-12-15(11-24)16(13-25)14-5-2-1-3-6-14;/h1-8,15-16,19H,9-13,24H2;1H/t15-,16+,19?;/m1./s1. The van der Waals surface area contributed by atoms with E-state index in [9.17, 15) is 13.6 Å². The molecule has 4 nitrogen and oxygen atoms in total. The topological polar surface area (TPSA) is 49.6 Å². The van der Waals surface area contributed by atoms with Gasteiger partial charge in [-0.2, -0.15) is 0 Å². The summed E-state index contributed by atoms with van der Waals surface area (Å²) < 4.78 is 28.2. The van der Waals surface area contributed by atoms with Crippen LogP contribution in [0.2, 0.25) is 0 Å². The summed E-state index contributed by atoms with van der Waals surface area (Å²) in [6.07, 6.45) is 0.561. The lowest BCUT2D eigenvalue weighted by molar-refractivity contribution is -0.121. The Kier molecular flexibility index (Phi) is 6.33. The van der Waals surface area contributed by atoms with Crippen molar-refractivity contribution in [3.05, 3.63) is 65.7 Å². The fraction of sp³-hybridized carbons (Fsp3) is 0.381. The van der Waals surface area contributed by atoms with Crippen molar-refractivity contribution in [3.8, 4) is 0 Å². The van der Waals surface area contributed by atoms with E-state index in [4.69, 9.17) is 5.73 Å². The minimum Gasteiger partial charge on any atom is -0.330 e. The number of rotatable bonds is 4. The van der Waals surface area contributed by atoms with Crippen LogP contribution in [0.1, 0.15) is 17.9 Å². The molecule has 2 N–H and O–H groups in total. The van der Waals surface area contributed by atoms with Crippen LogP contribution >= 0.6 is 12.4 Å². The first-order chi connectivity index (χ1) is 13.1. The van der Waals surface area contributed by atoms with Gasteiger partial charge in [-0.3, -0.25) is 9.69 Å². The van der Waals surface area contributed by atoms with Crippen molar-refractivity contribution in [2.75, 3.05) is 31.1 Å². The zero-order valence-electron chi connectivity index (χ0n) is 15.4. The number of halogens is 3. The van der Waals surface area contributed by atoms with E-state index in [-0.39, 0.29) is 41.9 Å². The molecule has 0 saturated carbocycles. The maximum Gasteiger partial charge on any atom is 0.244 e. The molecule has 0 spiro atoms. The van der Waals surface area contributed by atoms with Gasteiger partial charge >= 0.3 is 0 Å². The van der Waals surface area contributed by atoms with Crippen LogP contribution in [0.5, 0.6) is 0 Å². The molecule has 0 aromatic heterocycles. The molecular weight excluding hydrogens is 384 g/mol. The fourth-order valence-electron chi connectivity index (χ4n) is 4.45. The second kappa shape index (κ2) is 8.55. The molecule has 3 atom stereocenters. The number of hydrogen-bond donors (Lipinski definition) is 1. The Balaban J connectivity index is 0.00000225. The number of anilines is 1. The normalized spacial score (nSPS) is 25.2. The van der Waals surface area contributed by atoms with Gasteiger partial charge in [0, 0.05) is 25.6 Å². The maximum atomic E-state index is 14.1. The molecule has 28 heavy (non-hydrogen) atoms. The van der Waals surface area contributed by atoms with E-state index < -0.39 is 11.6 Å². The van der Waals surface area contributed by atoms with E-state index in [0.29, 0.717) is 19.5 Å². The Morgan fingerprint density at radius 3 is 2.32 bits per heavy atom. The second-order valence-electron chi connectivity index (χ2n) is 7.33. The van der Waals surface area contributed by atoms with E-state index in [1.165, 1.54) is 28.7 Å². The Bertz CT molecular complexity index is 815. The largest absolute Gasteiger partial charge is 0.330 e. The number of nitrogens with zero attached hydrogens (tertiary/aromatic N) is 2. The summed E-state index contributed by atoms with van der Waals surface area (Å²) >= 11 is 0. The highest BCUT2D eigenvalue weighted by molar-refractivity contribution is 5.99. The average Bonchev–Trinajstić information content (AvgIpc) is 3.26. The summed E-state index contributed by atoms with van der Waals surface area (Å²) in [6, 6.07) is 13.5. The first-order valence-electron chi connectivity index (χ1n) is 9.34. The molecule has 0 bridgehead atoms. The van der Waals surface area contributed by atoms with Crippen LogP contribution in [-0.2, 0) is 4.79 Å². The zero-order chi connectivity index (χ0) is 19.0. The van der Waals surface area contributed by atoms with Gasteiger partial charge in [0.25, 0.3) is 0 Å². The molecule has 150 valence electrons. The van der Waals surface area contributed by atoms with Crippen molar-refractivity contribution in [1.29, 1.82) is 0 Å². The van der Waals surface area contributed by atoms with Crippen molar-refractivity contribution in [1.82, 2.24) is 4.90 Å². The molecule has 2 saturated heterocycles. The van der Waals surface area contributed by atoms with Crippen LogP contribution in [0.25, 0.3) is 0 Å². The van der Waals surface area contributed by atoms with E-state index in [1.807, 2.05) is 18.2 Å². The van der Waals surface area contributed by atoms with Crippen molar-refractivity contribution in [3.63, 3.8) is 0 Å². The van der Waals surface area contributed by atoms with Crippen molar-refractivity contribution < 1.29 is 13.6 Å². The lowest BCUT2D eigenvalue weighted by Gasteiger charge is -2.24. The number of nitrogens with two attached hydrogens (primary N) is 1. The van der Waals surface area contributed by atoms with Gasteiger partial charge in [0.15, 0.2) is 0 Å². The van der Waals surface area contributed by atoms with Gasteiger partial charge < -0.3 is 10.6 Å². The second-order valence-corrected chi connectivity index (χ2v) is 7.33. The molecule has 0 aliphatic carbocycles. The molecule has 2 heterocycles. The van der Waals surface area contributed by atoms with E-state index in [2.05, 4.69) is 17.0 Å². The predicted octanol–water partition coefficient (Wildman–Crippen LogP) is 3.17. The fourth-order valence-corrected chi connectivity index (χ4v) is 4.45. The highest BCUT2D eigenvalue weighted by atomic mass is 35.5. The Labute approximate surface area is 169 Å². The molecule has 0 radical (unpaired) electrons. The summed E-state index contributed by atoms with van der Waals surface area (Å²) in [5, 5.41) is 0. The third kappa shape index (κ3) is 3.64. The summed E-state index contributed by atoms with van der Waals surface area (Å²) in [5.74, 6) is -1.11. The highest BCUT2D eigenvalue weighted by Crippen LogP contribution is 2.36. The molecule has 2 aliphatic rings. The third-order valence-electron chi connectivity index (χ3n) is 5.83. The van der Waals surface area contributed by atoms with Gasteiger partial charge in [-0.1, -0.05) is 36.4 Å². The molecule has 2 aromatic carbocycles. The average molecular weight is 408 g/mol. The number of carbonyl (C=O) groups excluding carboxylic acids is 1. The molecule has 1 unspecified atom stereocenters. The maximum absolute atomic E-state index is 14.1. The van der Waals surface area contributed by atoms with Gasteiger partial charge in [-0.05, 0) is 36.6 Å². The number of benzene rings is 2. The SMILES string of the molecule is Cl.NC[C@@H]1CN(C2CCN(c3c(F)cccc3F)C2=O)C[C@H]1c1ccccc1. The number of amides is 1. The van der Waals surface area contributed by atoms with Gasteiger partial charge in [-0.15, -0.1) is 12.4 Å². The van der Waals surface area contributed by atoms with E-state index in [1.54, 1.807) is 0 Å². The van der Waals surface area contributed by atoms with Crippen molar-refractivity contribution >= 4 is 24.0 Å². The molecule has 2 fully saturated rings. The Morgan fingerprint density at radius 1 is 1.00 bits per heavy atom. The molecule has 2 aromatic rings. The quantitative estimate of drug-likeness (QED) is 0.847. The molecular formula is C21H24ClF2N3O. The third-order valence-corrected chi connectivity index (χ3v) is 5.83. The lowest BCUT2D eigenvalue weighted by Crippen LogP contribution is -2.41. The van der Waals surface area contributed by atoms with Crippen LogP contribution in [0, 0.1) is 17.6 Å². The van der Waals surface area contributed by atoms with E-state index in [0.717, 1.165) is 13.1 Å².